The molecule has 0 bridgehead atoms. The van der Waals surface area contributed by atoms with Crippen molar-refractivity contribution in [2.75, 3.05) is 25.5 Å². The molecular formula is C21H23N7O. The third-order valence-corrected chi connectivity index (χ3v) is 5.05. The van der Waals surface area contributed by atoms with Crippen LogP contribution in [0.15, 0.2) is 43.0 Å². The average Bonchev–Trinajstić information content (AvgIpc) is 2.79. The first kappa shape index (κ1) is 18.9. The number of amides is 1. The Morgan fingerprint density at radius 2 is 2.10 bits per heavy atom. The van der Waals surface area contributed by atoms with Crippen molar-refractivity contribution < 1.29 is 4.79 Å². The summed E-state index contributed by atoms with van der Waals surface area (Å²) in [6, 6.07) is 5.77. The summed E-state index contributed by atoms with van der Waals surface area (Å²) in [5, 5.41) is 3.11. The Balaban J connectivity index is 1.59. The van der Waals surface area contributed by atoms with E-state index in [1.54, 1.807) is 24.8 Å². The quantitative estimate of drug-likeness (QED) is 0.733. The van der Waals surface area contributed by atoms with Crippen LogP contribution in [0.3, 0.4) is 0 Å². The third kappa shape index (κ3) is 4.21. The predicted molar refractivity (Wildman–Crippen MR) is 109 cm³/mol. The predicted octanol–water partition coefficient (Wildman–Crippen LogP) is 2.70. The minimum Gasteiger partial charge on any atom is -0.373 e. The van der Waals surface area contributed by atoms with E-state index in [1.165, 1.54) is 0 Å². The molecule has 148 valence electrons. The van der Waals surface area contributed by atoms with Crippen molar-refractivity contribution in [2.24, 2.45) is 0 Å². The molecule has 0 radical (unpaired) electrons. The molecule has 0 aromatic carbocycles. The number of rotatable bonds is 4. The van der Waals surface area contributed by atoms with Gasteiger partial charge >= 0.3 is 0 Å². The average molecular weight is 389 g/mol. The molecule has 4 rings (SSSR count). The number of aromatic nitrogens is 5. The molecule has 1 N–H and O–H groups in total. The Morgan fingerprint density at radius 3 is 2.83 bits per heavy atom. The lowest BCUT2D eigenvalue weighted by atomic mass is 9.94. The number of nitrogens with one attached hydrogen (secondary N) is 1. The van der Waals surface area contributed by atoms with Crippen molar-refractivity contribution in [1.29, 1.82) is 0 Å². The van der Waals surface area contributed by atoms with E-state index < -0.39 is 0 Å². The molecule has 29 heavy (non-hydrogen) atoms. The molecule has 3 aromatic rings. The zero-order chi connectivity index (χ0) is 20.2. The lowest BCUT2D eigenvalue weighted by Gasteiger charge is -2.32. The minimum absolute atomic E-state index is 0.0856. The maximum absolute atomic E-state index is 12.9. The van der Waals surface area contributed by atoms with Crippen molar-refractivity contribution in [3.63, 3.8) is 0 Å². The van der Waals surface area contributed by atoms with Crippen LogP contribution in [-0.2, 0) is 0 Å². The molecule has 0 aliphatic carbocycles. The Morgan fingerprint density at radius 1 is 1.21 bits per heavy atom. The second kappa shape index (κ2) is 8.30. The third-order valence-electron chi connectivity index (χ3n) is 5.05. The van der Waals surface area contributed by atoms with Crippen LogP contribution < -0.4 is 5.32 Å². The summed E-state index contributed by atoms with van der Waals surface area (Å²) >= 11 is 0. The number of carbonyl (C=O) groups excluding carboxylic acids is 1. The van der Waals surface area contributed by atoms with E-state index in [9.17, 15) is 4.79 Å². The largest absolute Gasteiger partial charge is 0.373 e. The topological polar surface area (TPSA) is 96.8 Å². The van der Waals surface area contributed by atoms with Crippen LogP contribution in [0.25, 0.3) is 11.4 Å². The standard InChI is InChI=1S/C21H23N7O/c1-14-10-25-18(12-24-14)21(29)28-8-4-6-16(13-28)17-9-19(22-2)27-20(26-17)15-5-3-7-23-11-15/h3,5,7,9-12,16H,4,6,8,13H2,1-2H3,(H,22,26,27). The van der Waals surface area contributed by atoms with Gasteiger partial charge in [0.25, 0.3) is 5.91 Å². The second-order valence-corrected chi connectivity index (χ2v) is 7.13. The summed E-state index contributed by atoms with van der Waals surface area (Å²) < 4.78 is 0. The van der Waals surface area contributed by atoms with Gasteiger partial charge in [0.05, 0.1) is 17.6 Å². The monoisotopic (exact) mass is 389 g/mol. The first-order valence-electron chi connectivity index (χ1n) is 9.69. The van der Waals surface area contributed by atoms with Gasteiger partial charge in [-0.05, 0) is 31.9 Å². The first-order chi connectivity index (χ1) is 14.1. The van der Waals surface area contributed by atoms with E-state index in [-0.39, 0.29) is 11.8 Å². The Kier molecular flexibility index (Phi) is 5.41. The van der Waals surface area contributed by atoms with E-state index in [1.807, 2.05) is 37.1 Å². The summed E-state index contributed by atoms with van der Waals surface area (Å²) in [5.74, 6) is 1.43. The lowest BCUT2D eigenvalue weighted by Crippen LogP contribution is -2.39. The van der Waals surface area contributed by atoms with Crippen molar-refractivity contribution in [1.82, 2.24) is 29.8 Å². The number of carbonyl (C=O) groups is 1. The Hall–Kier alpha value is -3.42. The molecular weight excluding hydrogens is 366 g/mol. The van der Waals surface area contributed by atoms with Crippen molar-refractivity contribution in [3.8, 4) is 11.4 Å². The highest BCUT2D eigenvalue weighted by molar-refractivity contribution is 5.92. The number of hydrogen-bond acceptors (Lipinski definition) is 7. The SMILES string of the molecule is CNc1cc(C2CCCN(C(=O)c3cnc(C)cn3)C2)nc(-c2cccnc2)n1. The zero-order valence-corrected chi connectivity index (χ0v) is 16.5. The van der Waals surface area contributed by atoms with E-state index in [4.69, 9.17) is 4.98 Å². The highest BCUT2D eigenvalue weighted by atomic mass is 16.2. The van der Waals surface area contributed by atoms with Crippen molar-refractivity contribution in [2.45, 2.75) is 25.7 Å². The smallest absolute Gasteiger partial charge is 0.274 e. The molecule has 1 unspecified atom stereocenters. The van der Waals surface area contributed by atoms with Gasteiger partial charge in [0.15, 0.2) is 5.82 Å². The van der Waals surface area contributed by atoms with Crippen LogP contribution in [-0.4, -0.2) is 55.9 Å². The van der Waals surface area contributed by atoms with Gasteiger partial charge in [-0.15, -0.1) is 0 Å². The highest BCUT2D eigenvalue weighted by Crippen LogP contribution is 2.29. The summed E-state index contributed by atoms with van der Waals surface area (Å²) in [6.07, 6.45) is 8.53. The molecule has 0 saturated carbocycles. The molecule has 0 spiro atoms. The fourth-order valence-corrected chi connectivity index (χ4v) is 3.50. The molecule has 1 saturated heterocycles. The van der Waals surface area contributed by atoms with Crippen LogP contribution in [0.4, 0.5) is 5.82 Å². The van der Waals surface area contributed by atoms with Gasteiger partial charge < -0.3 is 10.2 Å². The molecule has 1 fully saturated rings. The maximum Gasteiger partial charge on any atom is 0.274 e. The number of nitrogens with zero attached hydrogens (tertiary/aromatic N) is 6. The van der Waals surface area contributed by atoms with Gasteiger partial charge in [0.2, 0.25) is 0 Å². The van der Waals surface area contributed by atoms with Gasteiger partial charge in [-0.2, -0.15) is 0 Å². The zero-order valence-electron chi connectivity index (χ0n) is 16.5. The van der Waals surface area contributed by atoms with Crippen molar-refractivity contribution >= 4 is 11.7 Å². The molecule has 8 heteroatoms. The first-order valence-corrected chi connectivity index (χ1v) is 9.69. The van der Waals surface area contributed by atoms with E-state index in [0.717, 1.165) is 35.6 Å². The number of anilines is 1. The Labute approximate surface area is 169 Å². The normalized spacial score (nSPS) is 16.5. The maximum atomic E-state index is 12.9. The number of pyridine rings is 1. The molecule has 1 amide bonds. The van der Waals surface area contributed by atoms with Gasteiger partial charge in [-0.25, -0.2) is 15.0 Å². The number of piperidine rings is 1. The van der Waals surface area contributed by atoms with Crippen LogP contribution in [0.5, 0.6) is 0 Å². The number of aryl methyl sites for hydroxylation is 1. The molecule has 8 nitrogen and oxygen atoms in total. The molecule has 1 atom stereocenters. The molecule has 3 aromatic heterocycles. The molecule has 1 aliphatic rings. The second-order valence-electron chi connectivity index (χ2n) is 7.13. The van der Waals surface area contributed by atoms with E-state index in [2.05, 4.69) is 25.3 Å². The van der Waals surface area contributed by atoms with Gasteiger partial charge in [-0.3, -0.25) is 14.8 Å². The van der Waals surface area contributed by atoms with Crippen LogP contribution >= 0.6 is 0 Å². The van der Waals surface area contributed by atoms with E-state index in [0.29, 0.717) is 24.6 Å². The van der Waals surface area contributed by atoms with Gasteiger partial charge in [0.1, 0.15) is 11.5 Å². The summed E-state index contributed by atoms with van der Waals surface area (Å²) in [6.45, 7) is 3.16. The molecule has 4 heterocycles. The van der Waals surface area contributed by atoms with Gasteiger partial charge in [0, 0.05) is 56.3 Å². The fourth-order valence-electron chi connectivity index (χ4n) is 3.50. The highest BCUT2D eigenvalue weighted by Gasteiger charge is 2.28. The van der Waals surface area contributed by atoms with Crippen molar-refractivity contribution in [3.05, 3.63) is 60.1 Å². The summed E-state index contributed by atoms with van der Waals surface area (Å²) in [5.41, 5.74) is 2.97. The van der Waals surface area contributed by atoms with Gasteiger partial charge in [-0.1, -0.05) is 0 Å². The van der Waals surface area contributed by atoms with Crippen LogP contribution in [0.1, 0.15) is 40.6 Å². The minimum atomic E-state index is -0.0856. The van der Waals surface area contributed by atoms with E-state index >= 15 is 0 Å². The number of hydrogen-bond donors (Lipinski definition) is 1. The lowest BCUT2D eigenvalue weighted by molar-refractivity contribution is 0.0699. The fraction of sp³-hybridized carbons (Fsp3) is 0.333. The number of likely N-dealkylation sites (tertiary alicyclic amines) is 1. The summed E-state index contributed by atoms with van der Waals surface area (Å²) in [4.78, 5) is 36.7. The van der Waals surface area contributed by atoms with Crippen LogP contribution in [0.2, 0.25) is 0 Å². The Bertz CT molecular complexity index is 992. The summed E-state index contributed by atoms with van der Waals surface area (Å²) in [7, 11) is 1.84. The van der Waals surface area contributed by atoms with Crippen LogP contribution in [0, 0.1) is 6.92 Å². The molecule has 1 aliphatic heterocycles.